The monoisotopic (exact) mass is 275 g/mol. The summed E-state index contributed by atoms with van der Waals surface area (Å²) in [5, 5.41) is 0. The number of hydrogen-bond donors (Lipinski definition) is 1. The van der Waals surface area contributed by atoms with Gasteiger partial charge in [-0.3, -0.25) is 0 Å². The van der Waals surface area contributed by atoms with Crippen molar-refractivity contribution in [3.63, 3.8) is 0 Å². The normalized spacial score (nSPS) is 25.1. The summed E-state index contributed by atoms with van der Waals surface area (Å²) in [6, 6.07) is 0.797. The van der Waals surface area contributed by atoms with Crippen LogP contribution in [-0.4, -0.2) is 0 Å². The van der Waals surface area contributed by atoms with Crippen molar-refractivity contribution in [3.05, 3.63) is 33.3 Å². The van der Waals surface area contributed by atoms with E-state index in [-0.39, 0.29) is 22.2 Å². The van der Waals surface area contributed by atoms with E-state index >= 15 is 0 Å². The maximum Gasteiger partial charge on any atom is 0.142 e. The first kappa shape index (κ1) is 11.0. The number of nitrogens with two attached hydrogens (primary N) is 1. The molecule has 0 fully saturated rings. The third-order valence-corrected chi connectivity index (χ3v) is 3.60. The summed E-state index contributed by atoms with van der Waals surface area (Å²) in [6.45, 7) is 1.90. The topological polar surface area (TPSA) is 26.0 Å². The van der Waals surface area contributed by atoms with Gasteiger partial charge in [-0.15, -0.1) is 0 Å². The third kappa shape index (κ3) is 1.70. The van der Waals surface area contributed by atoms with Crippen LogP contribution in [0.3, 0.4) is 0 Å². The van der Waals surface area contributed by atoms with Crippen molar-refractivity contribution in [2.45, 2.75) is 31.7 Å². The average molecular weight is 276 g/mol. The fourth-order valence-corrected chi connectivity index (χ4v) is 2.62. The zero-order valence-corrected chi connectivity index (χ0v) is 9.94. The molecule has 0 radical (unpaired) electrons. The average Bonchev–Trinajstić information content (AvgIpc) is 2.18. The molecule has 1 aliphatic rings. The number of halogens is 3. The highest BCUT2D eigenvalue weighted by Crippen LogP contribution is 2.40. The first-order valence-electron chi connectivity index (χ1n) is 4.95. The molecule has 2 atom stereocenters. The van der Waals surface area contributed by atoms with Crippen molar-refractivity contribution >= 4 is 15.9 Å². The van der Waals surface area contributed by atoms with Gasteiger partial charge in [-0.2, -0.15) is 0 Å². The van der Waals surface area contributed by atoms with Crippen molar-refractivity contribution in [2.24, 2.45) is 5.73 Å². The van der Waals surface area contributed by atoms with Crippen molar-refractivity contribution < 1.29 is 8.78 Å². The van der Waals surface area contributed by atoms with Crippen LogP contribution in [0.4, 0.5) is 8.78 Å². The minimum Gasteiger partial charge on any atom is -0.324 e. The van der Waals surface area contributed by atoms with Crippen LogP contribution in [0.25, 0.3) is 0 Å². The molecule has 0 bridgehead atoms. The van der Waals surface area contributed by atoms with Crippen molar-refractivity contribution in [3.8, 4) is 0 Å². The first-order valence-corrected chi connectivity index (χ1v) is 5.74. The van der Waals surface area contributed by atoms with E-state index in [1.807, 2.05) is 6.92 Å². The number of rotatable bonds is 0. The van der Waals surface area contributed by atoms with Crippen LogP contribution in [0.15, 0.2) is 10.5 Å². The van der Waals surface area contributed by atoms with E-state index in [9.17, 15) is 8.78 Å². The lowest BCUT2D eigenvalue weighted by molar-refractivity contribution is 0.454. The fourth-order valence-electron chi connectivity index (χ4n) is 2.21. The molecule has 4 heteroatoms. The highest BCUT2D eigenvalue weighted by molar-refractivity contribution is 9.10. The maximum absolute atomic E-state index is 13.8. The fraction of sp³-hybridized carbons (Fsp3) is 0.455. The Bertz CT molecular complexity index is 406. The van der Waals surface area contributed by atoms with E-state index in [0.29, 0.717) is 17.5 Å². The van der Waals surface area contributed by atoms with E-state index in [1.54, 1.807) is 0 Å². The lowest BCUT2D eigenvalue weighted by Crippen LogP contribution is -2.22. The van der Waals surface area contributed by atoms with Crippen LogP contribution < -0.4 is 5.73 Å². The largest absolute Gasteiger partial charge is 0.324 e. The second-order valence-electron chi connectivity index (χ2n) is 4.07. The Morgan fingerprint density at radius 3 is 2.67 bits per heavy atom. The van der Waals surface area contributed by atoms with Gasteiger partial charge in [-0.25, -0.2) is 8.78 Å². The molecule has 1 aliphatic carbocycles. The Balaban J connectivity index is 2.71. The van der Waals surface area contributed by atoms with Crippen molar-refractivity contribution in [1.29, 1.82) is 0 Å². The molecule has 0 saturated heterocycles. The number of benzene rings is 1. The Kier molecular flexibility index (Phi) is 2.81. The van der Waals surface area contributed by atoms with Gasteiger partial charge in [-0.05, 0) is 46.3 Å². The highest BCUT2D eigenvalue weighted by Gasteiger charge is 2.29. The molecule has 1 aromatic carbocycles. The van der Waals surface area contributed by atoms with Gasteiger partial charge < -0.3 is 5.73 Å². The van der Waals surface area contributed by atoms with E-state index in [4.69, 9.17) is 5.73 Å². The molecule has 0 aliphatic heterocycles. The Morgan fingerprint density at radius 1 is 1.33 bits per heavy atom. The smallest absolute Gasteiger partial charge is 0.142 e. The van der Waals surface area contributed by atoms with Gasteiger partial charge in [0.05, 0.1) is 4.47 Å². The van der Waals surface area contributed by atoms with E-state index in [1.165, 1.54) is 6.07 Å². The minimum atomic E-state index is -0.412. The zero-order chi connectivity index (χ0) is 11.2. The van der Waals surface area contributed by atoms with Crippen LogP contribution in [0, 0.1) is 11.6 Å². The molecule has 0 spiro atoms. The molecule has 82 valence electrons. The summed E-state index contributed by atoms with van der Waals surface area (Å²) in [7, 11) is 0. The summed E-state index contributed by atoms with van der Waals surface area (Å²) in [5.74, 6) is -0.728. The zero-order valence-electron chi connectivity index (χ0n) is 8.36. The summed E-state index contributed by atoms with van der Waals surface area (Å²) in [4.78, 5) is 0. The number of hydrogen-bond acceptors (Lipinski definition) is 1. The molecule has 0 amide bonds. The standard InChI is InChI=1S/C11H12BrF2N/c1-5-2-3-8(15)10-9(5)7(13)4-6(12)11(10)14/h4-5,8H,2-3,15H2,1H3/t5?,8-/m0/s1. The summed E-state index contributed by atoms with van der Waals surface area (Å²) in [6.07, 6.45) is 1.52. The Labute approximate surface area is 95.8 Å². The van der Waals surface area contributed by atoms with Crippen LogP contribution in [0.2, 0.25) is 0 Å². The molecule has 2 N–H and O–H groups in total. The van der Waals surface area contributed by atoms with Gasteiger partial charge in [0.25, 0.3) is 0 Å². The van der Waals surface area contributed by atoms with Gasteiger partial charge in [0.15, 0.2) is 0 Å². The lowest BCUT2D eigenvalue weighted by Gasteiger charge is -2.28. The van der Waals surface area contributed by atoms with E-state index in [2.05, 4.69) is 15.9 Å². The summed E-state index contributed by atoms with van der Waals surface area (Å²) >= 11 is 3.00. The van der Waals surface area contributed by atoms with Crippen molar-refractivity contribution in [2.75, 3.05) is 0 Å². The first-order chi connectivity index (χ1) is 7.02. The molecule has 1 aromatic rings. The second kappa shape index (κ2) is 3.83. The molecular formula is C11H12BrF2N. The Hall–Kier alpha value is -0.480. The SMILES string of the molecule is CC1CC[C@H](N)c2c(F)c(Br)cc(F)c21. The van der Waals surface area contributed by atoms with Crippen molar-refractivity contribution in [1.82, 2.24) is 0 Å². The van der Waals surface area contributed by atoms with Crippen LogP contribution in [0.1, 0.15) is 42.9 Å². The van der Waals surface area contributed by atoms with Gasteiger partial charge in [-0.1, -0.05) is 6.92 Å². The molecule has 15 heavy (non-hydrogen) atoms. The molecule has 0 saturated carbocycles. The minimum absolute atomic E-state index is 0.0439. The number of fused-ring (bicyclic) bond motifs is 1. The quantitative estimate of drug-likeness (QED) is 0.719. The Morgan fingerprint density at radius 2 is 2.00 bits per heavy atom. The molecule has 1 unspecified atom stereocenters. The predicted octanol–water partition coefficient (Wildman–Crippen LogP) is 3.62. The molecule has 0 aromatic heterocycles. The summed E-state index contributed by atoms with van der Waals surface area (Å²) in [5.41, 5.74) is 6.62. The highest BCUT2D eigenvalue weighted by atomic mass is 79.9. The second-order valence-corrected chi connectivity index (χ2v) is 4.92. The van der Waals surface area contributed by atoms with Gasteiger partial charge in [0.2, 0.25) is 0 Å². The van der Waals surface area contributed by atoms with E-state index in [0.717, 1.165) is 6.42 Å². The maximum atomic E-state index is 13.8. The van der Waals surface area contributed by atoms with Gasteiger partial charge >= 0.3 is 0 Å². The third-order valence-electron chi connectivity index (χ3n) is 3.02. The molecule has 2 rings (SSSR count). The van der Waals surface area contributed by atoms with Crippen LogP contribution in [-0.2, 0) is 0 Å². The lowest BCUT2D eigenvalue weighted by atomic mass is 9.81. The predicted molar refractivity (Wildman–Crippen MR) is 58.6 cm³/mol. The van der Waals surface area contributed by atoms with Gasteiger partial charge in [0, 0.05) is 11.6 Å². The molecular weight excluding hydrogens is 264 g/mol. The molecule has 0 heterocycles. The summed E-state index contributed by atoms with van der Waals surface area (Å²) < 4.78 is 27.6. The van der Waals surface area contributed by atoms with Gasteiger partial charge in [0.1, 0.15) is 11.6 Å². The van der Waals surface area contributed by atoms with Crippen LogP contribution >= 0.6 is 15.9 Å². The molecule has 1 nitrogen and oxygen atoms in total. The van der Waals surface area contributed by atoms with E-state index < -0.39 is 5.82 Å². The van der Waals surface area contributed by atoms with Crippen LogP contribution in [0.5, 0.6) is 0 Å².